The van der Waals surface area contributed by atoms with E-state index in [9.17, 15) is 0 Å². The lowest BCUT2D eigenvalue weighted by atomic mass is 10.0. The SMILES string of the molecule is CC1(C)CC2ON=C(c3ccccc3)N2N1. The van der Waals surface area contributed by atoms with Gasteiger partial charge in [0.1, 0.15) is 0 Å². The zero-order chi connectivity index (χ0) is 11.2. The van der Waals surface area contributed by atoms with Gasteiger partial charge in [0.15, 0.2) is 5.84 Å². The molecule has 0 aromatic heterocycles. The second-order valence-corrected chi connectivity index (χ2v) is 4.91. The molecule has 3 rings (SSSR count). The van der Waals surface area contributed by atoms with Crippen LogP contribution in [-0.4, -0.2) is 22.6 Å². The van der Waals surface area contributed by atoms with Gasteiger partial charge in [-0.05, 0) is 13.8 Å². The van der Waals surface area contributed by atoms with E-state index < -0.39 is 0 Å². The van der Waals surface area contributed by atoms with Crippen molar-refractivity contribution in [3.63, 3.8) is 0 Å². The number of hydrazine groups is 1. The minimum Gasteiger partial charge on any atom is -0.367 e. The molecule has 0 bridgehead atoms. The molecule has 1 aromatic rings. The van der Waals surface area contributed by atoms with E-state index in [0.717, 1.165) is 17.8 Å². The number of amidine groups is 1. The Morgan fingerprint density at radius 3 is 2.88 bits per heavy atom. The van der Waals surface area contributed by atoms with Crippen molar-refractivity contribution in [1.82, 2.24) is 10.4 Å². The summed E-state index contributed by atoms with van der Waals surface area (Å²) in [5.41, 5.74) is 4.57. The summed E-state index contributed by atoms with van der Waals surface area (Å²) in [4.78, 5) is 5.43. The molecule has 0 amide bonds. The highest BCUT2D eigenvalue weighted by Crippen LogP contribution is 2.30. The second kappa shape index (κ2) is 3.22. The number of nitrogens with zero attached hydrogens (tertiary/aromatic N) is 2. The van der Waals surface area contributed by atoms with Gasteiger partial charge in [-0.1, -0.05) is 35.5 Å². The van der Waals surface area contributed by atoms with Crippen LogP contribution in [-0.2, 0) is 4.84 Å². The van der Waals surface area contributed by atoms with Gasteiger partial charge in [0.25, 0.3) is 0 Å². The summed E-state index contributed by atoms with van der Waals surface area (Å²) in [5.74, 6) is 0.871. The van der Waals surface area contributed by atoms with Gasteiger partial charge < -0.3 is 4.84 Å². The normalized spacial score (nSPS) is 26.2. The highest BCUT2D eigenvalue weighted by Gasteiger charge is 2.44. The molecule has 0 saturated carbocycles. The van der Waals surface area contributed by atoms with Gasteiger partial charge in [0.2, 0.25) is 6.23 Å². The average molecular weight is 217 g/mol. The molecule has 0 spiro atoms. The summed E-state index contributed by atoms with van der Waals surface area (Å²) in [7, 11) is 0. The Morgan fingerprint density at radius 1 is 1.38 bits per heavy atom. The number of hydrogen-bond acceptors (Lipinski definition) is 4. The number of oxime groups is 1. The molecular formula is C12H15N3O. The predicted molar refractivity (Wildman–Crippen MR) is 61.5 cm³/mol. The van der Waals surface area contributed by atoms with Crippen LogP contribution in [0, 0.1) is 0 Å². The number of rotatable bonds is 1. The van der Waals surface area contributed by atoms with Crippen LogP contribution >= 0.6 is 0 Å². The Bertz CT molecular complexity index is 427. The molecule has 1 saturated heterocycles. The number of nitrogens with one attached hydrogen (secondary N) is 1. The zero-order valence-corrected chi connectivity index (χ0v) is 9.47. The van der Waals surface area contributed by atoms with Crippen molar-refractivity contribution in [3.8, 4) is 0 Å². The third-order valence-electron chi connectivity index (χ3n) is 2.92. The summed E-state index contributed by atoms with van der Waals surface area (Å²) < 4.78 is 0. The summed E-state index contributed by atoms with van der Waals surface area (Å²) in [5, 5.41) is 6.16. The van der Waals surface area contributed by atoms with Gasteiger partial charge in [0, 0.05) is 17.5 Å². The Kier molecular flexibility index (Phi) is 1.94. The summed E-state index contributed by atoms with van der Waals surface area (Å²) in [6.45, 7) is 4.33. The third kappa shape index (κ3) is 1.46. The lowest BCUT2D eigenvalue weighted by Gasteiger charge is -2.21. The van der Waals surface area contributed by atoms with Crippen molar-refractivity contribution in [2.75, 3.05) is 0 Å². The number of benzene rings is 1. The summed E-state index contributed by atoms with van der Waals surface area (Å²) in [6, 6.07) is 10.1. The fourth-order valence-electron chi connectivity index (χ4n) is 2.18. The van der Waals surface area contributed by atoms with Crippen LogP contribution in [0.1, 0.15) is 25.8 Å². The molecule has 2 aliphatic heterocycles. The Labute approximate surface area is 94.9 Å². The van der Waals surface area contributed by atoms with Crippen molar-refractivity contribution < 1.29 is 4.84 Å². The van der Waals surface area contributed by atoms with Crippen LogP contribution in [0.3, 0.4) is 0 Å². The average Bonchev–Trinajstić information content (AvgIpc) is 2.74. The molecular weight excluding hydrogens is 202 g/mol. The smallest absolute Gasteiger partial charge is 0.216 e. The third-order valence-corrected chi connectivity index (χ3v) is 2.92. The monoisotopic (exact) mass is 217 g/mol. The Morgan fingerprint density at radius 2 is 2.12 bits per heavy atom. The van der Waals surface area contributed by atoms with Gasteiger partial charge >= 0.3 is 0 Å². The van der Waals surface area contributed by atoms with E-state index in [2.05, 4.69) is 24.4 Å². The van der Waals surface area contributed by atoms with Gasteiger partial charge in [-0.15, -0.1) is 0 Å². The van der Waals surface area contributed by atoms with Crippen molar-refractivity contribution >= 4 is 5.84 Å². The molecule has 1 fully saturated rings. The molecule has 2 aliphatic rings. The van der Waals surface area contributed by atoms with E-state index in [1.54, 1.807) is 0 Å². The predicted octanol–water partition coefficient (Wildman–Crippen LogP) is 1.69. The quantitative estimate of drug-likeness (QED) is 0.777. The van der Waals surface area contributed by atoms with E-state index in [1.807, 2.05) is 35.3 Å². The molecule has 84 valence electrons. The molecule has 4 nitrogen and oxygen atoms in total. The first kappa shape index (κ1) is 9.66. The fourth-order valence-corrected chi connectivity index (χ4v) is 2.18. The highest BCUT2D eigenvalue weighted by molar-refractivity contribution is 5.99. The van der Waals surface area contributed by atoms with Gasteiger partial charge in [-0.2, -0.15) is 0 Å². The van der Waals surface area contributed by atoms with Crippen LogP contribution in [0.2, 0.25) is 0 Å². The largest absolute Gasteiger partial charge is 0.367 e. The van der Waals surface area contributed by atoms with Gasteiger partial charge in [0.05, 0.1) is 0 Å². The first-order chi connectivity index (χ1) is 7.66. The second-order valence-electron chi connectivity index (χ2n) is 4.91. The highest BCUT2D eigenvalue weighted by atomic mass is 16.7. The van der Waals surface area contributed by atoms with E-state index in [4.69, 9.17) is 4.84 Å². The molecule has 0 radical (unpaired) electrons. The first-order valence-electron chi connectivity index (χ1n) is 5.52. The maximum absolute atomic E-state index is 5.43. The molecule has 1 N–H and O–H groups in total. The molecule has 16 heavy (non-hydrogen) atoms. The standard InChI is InChI=1S/C12H15N3O/c1-12(2)8-10-15(14-12)11(13-16-10)9-6-4-3-5-7-9/h3-7,10,14H,8H2,1-2H3. The van der Waals surface area contributed by atoms with Gasteiger partial charge in [-0.3, -0.25) is 0 Å². The van der Waals surface area contributed by atoms with Crippen molar-refractivity contribution in [3.05, 3.63) is 35.9 Å². The van der Waals surface area contributed by atoms with Crippen LogP contribution in [0.5, 0.6) is 0 Å². The molecule has 0 aliphatic carbocycles. The first-order valence-corrected chi connectivity index (χ1v) is 5.52. The minimum absolute atomic E-state index is 0.0326. The van der Waals surface area contributed by atoms with E-state index in [0.29, 0.717) is 0 Å². The minimum atomic E-state index is 0.0326. The van der Waals surface area contributed by atoms with Gasteiger partial charge in [-0.25, -0.2) is 10.4 Å². The number of fused-ring (bicyclic) bond motifs is 1. The van der Waals surface area contributed by atoms with E-state index in [-0.39, 0.29) is 11.8 Å². The molecule has 2 heterocycles. The topological polar surface area (TPSA) is 36.9 Å². The maximum atomic E-state index is 5.43. The molecule has 1 atom stereocenters. The number of hydrogen-bond donors (Lipinski definition) is 1. The van der Waals surface area contributed by atoms with Crippen LogP contribution in [0.4, 0.5) is 0 Å². The Balaban J connectivity index is 1.90. The Hall–Kier alpha value is -1.55. The summed E-state index contributed by atoms with van der Waals surface area (Å²) in [6.07, 6.45) is 0.970. The van der Waals surface area contributed by atoms with Crippen molar-refractivity contribution in [2.24, 2.45) is 5.16 Å². The lowest BCUT2D eigenvalue weighted by molar-refractivity contribution is 0.0223. The molecule has 1 unspecified atom stereocenters. The fraction of sp³-hybridized carbons (Fsp3) is 0.417. The van der Waals surface area contributed by atoms with Crippen LogP contribution < -0.4 is 5.43 Å². The van der Waals surface area contributed by atoms with Crippen LogP contribution in [0.25, 0.3) is 0 Å². The lowest BCUT2D eigenvalue weighted by Crippen LogP contribution is -2.45. The van der Waals surface area contributed by atoms with E-state index >= 15 is 0 Å². The molecule has 1 aromatic carbocycles. The summed E-state index contributed by atoms with van der Waals surface area (Å²) >= 11 is 0. The van der Waals surface area contributed by atoms with Crippen LogP contribution in [0.15, 0.2) is 35.5 Å². The molecule has 4 heteroatoms. The van der Waals surface area contributed by atoms with E-state index in [1.165, 1.54) is 0 Å². The maximum Gasteiger partial charge on any atom is 0.216 e. The van der Waals surface area contributed by atoms with Crippen molar-refractivity contribution in [1.29, 1.82) is 0 Å². The van der Waals surface area contributed by atoms with Crippen molar-refractivity contribution in [2.45, 2.75) is 32.0 Å². The zero-order valence-electron chi connectivity index (χ0n) is 9.47.